The summed E-state index contributed by atoms with van der Waals surface area (Å²) in [5.74, 6) is 1.53. The predicted octanol–water partition coefficient (Wildman–Crippen LogP) is 3.76. The molecular weight excluding hydrogens is 246 g/mol. The Morgan fingerprint density at radius 2 is 1.94 bits per heavy atom. The molecule has 0 aliphatic heterocycles. The Bertz CT molecular complexity index is 452. The van der Waals surface area contributed by atoms with Crippen LogP contribution >= 0.6 is 11.6 Å². The van der Waals surface area contributed by atoms with Crippen molar-refractivity contribution in [3.05, 3.63) is 17.4 Å². The molecular formula is C14H20ClN3. The summed E-state index contributed by atoms with van der Waals surface area (Å²) in [6.07, 6.45) is 7.31. The van der Waals surface area contributed by atoms with Crippen molar-refractivity contribution >= 4 is 17.5 Å². The van der Waals surface area contributed by atoms with E-state index in [0.29, 0.717) is 27.8 Å². The van der Waals surface area contributed by atoms with Crippen LogP contribution in [0.1, 0.15) is 40.0 Å². The van der Waals surface area contributed by atoms with Gasteiger partial charge < -0.3 is 5.32 Å². The Balaban J connectivity index is 1.86. The smallest absolute Gasteiger partial charge is 0.222 e. The van der Waals surface area contributed by atoms with Crippen LogP contribution < -0.4 is 5.32 Å². The molecule has 0 spiro atoms. The quantitative estimate of drug-likeness (QED) is 0.885. The largest absolute Gasteiger partial charge is 0.350 e. The molecule has 0 saturated heterocycles. The van der Waals surface area contributed by atoms with Gasteiger partial charge in [0.1, 0.15) is 0 Å². The fourth-order valence-electron chi connectivity index (χ4n) is 4.18. The van der Waals surface area contributed by atoms with E-state index in [4.69, 9.17) is 11.6 Å². The standard InChI is InChI=1S/C14H20ClN3/c1-13(2)9-4-5-14(3,6-9)11(13)18-12-16-7-10(15)8-17-12/h7-9,11H,4-6H2,1-3H3,(H,16,17,18). The first kappa shape index (κ1) is 12.2. The maximum atomic E-state index is 5.82. The number of aromatic nitrogens is 2. The van der Waals surface area contributed by atoms with Crippen molar-refractivity contribution < 1.29 is 0 Å². The molecule has 1 aromatic heterocycles. The molecule has 2 aliphatic carbocycles. The number of nitrogens with zero attached hydrogens (tertiary/aromatic N) is 2. The molecule has 1 heterocycles. The normalized spacial score (nSPS) is 36.9. The van der Waals surface area contributed by atoms with Gasteiger partial charge in [-0.25, -0.2) is 9.97 Å². The molecule has 3 atom stereocenters. The average Bonchev–Trinajstić information content (AvgIpc) is 2.78. The van der Waals surface area contributed by atoms with E-state index in [0.717, 1.165) is 5.92 Å². The maximum absolute atomic E-state index is 5.82. The lowest BCUT2D eigenvalue weighted by molar-refractivity contribution is 0.155. The lowest BCUT2D eigenvalue weighted by Gasteiger charge is -2.43. The molecule has 2 saturated carbocycles. The van der Waals surface area contributed by atoms with Crippen LogP contribution in [0.15, 0.2) is 12.4 Å². The summed E-state index contributed by atoms with van der Waals surface area (Å²) in [5, 5.41) is 4.13. The number of hydrogen-bond acceptors (Lipinski definition) is 3. The molecule has 0 radical (unpaired) electrons. The van der Waals surface area contributed by atoms with Gasteiger partial charge in [0.25, 0.3) is 0 Å². The zero-order valence-corrected chi connectivity index (χ0v) is 12.0. The predicted molar refractivity (Wildman–Crippen MR) is 73.7 cm³/mol. The fourth-order valence-corrected chi connectivity index (χ4v) is 4.28. The Hall–Kier alpha value is -0.830. The van der Waals surface area contributed by atoms with Crippen LogP contribution in [0, 0.1) is 16.7 Å². The van der Waals surface area contributed by atoms with E-state index in [9.17, 15) is 0 Å². The number of nitrogens with one attached hydrogen (secondary N) is 1. The van der Waals surface area contributed by atoms with Crippen LogP contribution in [0.25, 0.3) is 0 Å². The monoisotopic (exact) mass is 265 g/mol. The van der Waals surface area contributed by atoms with Crippen molar-refractivity contribution in [1.29, 1.82) is 0 Å². The van der Waals surface area contributed by atoms with E-state index in [-0.39, 0.29) is 0 Å². The number of rotatable bonds is 2. The number of fused-ring (bicyclic) bond motifs is 2. The van der Waals surface area contributed by atoms with Gasteiger partial charge in [-0.2, -0.15) is 0 Å². The molecule has 0 amide bonds. The summed E-state index contributed by atoms with van der Waals surface area (Å²) in [7, 11) is 0. The molecule has 3 nitrogen and oxygen atoms in total. The highest BCUT2D eigenvalue weighted by molar-refractivity contribution is 6.30. The Kier molecular flexibility index (Phi) is 2.60. The second-order valence-corrected chi connectivity index (χ2v) is 7.15. The molecule has 3 rings (SSSR count). The fraction of sp³-hybridized carbons (Fsp3) is 0.714. The van der Waals surface area contributed by atoms with Crippen LogP contribution in [-0.4, -0.2) is 16.0 Å². The minimum atomic E-state index is 0.315. The van der Waals surface area contributed by atoms with E-state index in [1.54, 1.807) is 12.4 Å². The third-order valence-corrected chi connectivity index (χ3v) is 5.36. The average molecular weight is 266 g/mol. The second-order valence-electron chi connectivity index (χ2n) is 6.72. The second kappa shape index (κ2) is 3.83. The van der Waals surface area contributed by atoms with E-state index in [2.05, 4.69) is 36.1 Å². The Morgan fingerprint density at radius 1 is 1.28 bits per heavy atom. The first-order chi connectivity index (χ1) is 8.42. The van der Waals surface area contributed by atoms with Gasteiger partial charge in [0.2, 0.25) is 5.95 Å². The first-order valence-corrected chi connectivity index (χ1v) is 7.04. The van der Waals surface area contributed by atoms with Gasteiger partial charge in [0.15, 0.2) is 0 Å². The maximum Gasteiger partial charge on any atom is 0.222 e. The molecule has 18 heavy (non-hydrogen) atoms. The van der Waals surface area contributed by atoms with Crippen molar-refractivity contribution in [2.75, 3.05) is 5.32 Å². The van der Waals surface area contributed by atoms with Crippen molar-refractivity contribution in [3.8, 4) is 0 Å². The first-order valence-electron chi connectivity index (χ1n) is 6.66. The van der Waals surface area contributed by atoms with Crippen molar-refractivity contribution in [2.24, 2.45) is 16.7 Å². The van der Waals surface area contributed by atoms with Crippen LogP contribution in [0.2, 0.25) is 5.02 Å². The molecule has 98 valence electrons. The molecule has 0 aromatic carbocycles. The highest BCUT2D eigenvalue weighted by Crippen LogP contribution is 2.62. The summed E-state index contributed by atoms with van der Waals surface area (Å²) in [6.45, 7) is 7.14. The van der Waals surface area contributed by atoms with E-state index >= 15 is 0 Å². The summed E-state index contributed by atoms with van der Waals surface area (Å²) in [4.78, 5) is 8.54. The van der Waals surface area contributed by atoms with Crippen LogP contribution in [0.5, 0.6) is 0 Å². The van der Waals surface area contributed by atoms with E-state index < -0.39 is 0 Å². The van der Waals surface area contributed by atoms with E-state index in [1.165, 1.54) is 19.3 Å². The summed E-state index contributed by atoms with van der Waals surface area (Å²) in [5.41, 5.74) is 0.702. The summed E-state index contributed by atoms with van der Waals surface area (Å²) in [6, 6.07) is 0.449. The van der Waals surface area contributed by atoms with Gasteiger partial charge in [0.05, 0.1) is 17.4 Å². The third-order valence-electron chi connectivity index (χ3n) is 5.16. The van der Waals surface area contributed by atoms with Gasteiger partial charge in [-0.05, 0) is 36.0 Å². The number of anilines is 1. The Labute approximate surface area is 113 Å². The summed E-state index contributed by atoms with van der Waals surface area (Å²) >= 11 is 5.82. The third kappa shape index (κ3) is 1.71. The van der Waals surface area contributed by atoms with Crippen LogP contribution in [0.3, 0.4) is 0 Å². The highest BCUT2D eigenvalue weighted by atomic mass is 35.5. The topological polar surface area (TPSA) is 37.8 Å². The minimum absolute atomic E-state index is 0.315. The van der Waals surface area contributed by atoms with Crippen LogP contribution in [0.4, 0.5) is 5.95 Å². The molecule has 1 aromatic rings. The molecule has 4 heteroatoms. The minimum Gasteiger partial charge on any atom is -0.350 e. The van der Waals surface area contributed by atoms with E-state index in [1.807, 2.05) is 0 Å². The van der Waals surface area contributed by atoms with Gasteiger partial charge >= 0.3 is 0 Å². The molecule has 2 aliphatic rings. The van der Waals surface area contributed by atoms with Crippen molar-refractivity contribution in [1.82, 2.24) is 9.97 Å². The van der Waals surface area contributed by atoms with Crippen molar-refractivity contribution in [3.63, 3.8) is 0 Å². The number of halogens is 1. The molecule has 3 unspecified atom stereocenters. The number of hydrogen-bond donors (Lipinski definition) is 1. The van der Waals surface area contributed by atoms with Gasteiger partial charge in [-0.3, -0.25) is 0 Å². The lowest BCUT2D eigenvalue weighted by Crippen LogP contribution is -2.46. The van der Waals surface area contributed by atoms with Gasteiger partial charge in [-0.15, -0.1) is 0 Å². The molecule has 1 N–H and O–H groups in total. The zero-order valence-electron chi connectivity index (χ0n) is 11.2. The van der Waals surface area contributed by atoms with Gasteiger partial charge in [-0.1, -0.05) is 32.4 Å². The molecule has 2 fully saturated rings. The lowest BCUT2D eigenvalue weighted by atomic mass is 9.68. The summed E-state index contributed by atoms with van der Waals surface area (Å²) < 4.78 is 0. The van der Waals surface area contributed by atoms with Gasteiger partial charge in [0, 0.05) is 6.04 Å². The Morgan fingerprint density at radius 3 is 2.50 bits per heavy atom. The van der Waals surface area contributed by atoms with Crippen molar-refractivity contribution in [2.45, 2.75) is 46.1 Å². The zero-order chi connectivity index (χ0) is 13.0. The molecule has 2 bridgehead atoms. The SMILES string of the molecule is CC12CCC(C1)C(C)(C)C2Nc1ncc(Cl)cn1. The highest BCUT2D eigenvalue weighted by Gasteiger charge is 2.59. The van der Waals surface area contributed by atoms with Crippen LogP contribution in [-0.2, 0) is 0 Å².